The monoisotopic (exact) mass is 291 g/mol. The molecule has 20 heavy (non-hydrogen) atoms. The number of nitrogens with two attached hydrogens (primary N) is 1. The molecular formula is C15H18ClN3O. The summed E-state index contributed by atoms with van der Waals surface area (Å²) in [6, 6.07) is 7.00. The Hall–Kier alpha value is -1.39. The van der Waals surface area contributed by atoms with Gasteiger partial charge in [0, 0.05) is 10.9 Å². The second-order valence-corrected chi connectivity index (χ2v) is 6.01. The summed E-state index contributed by atoms with van der Waals surface area (Å²) < 4.78 is 5.34. The van der Waals surface area contributed by atoms with Gasteiger partial charge >= 0.3 is 0 Å². The summed E-state index contributed by atoms with van der Waals surface area (Å²) in [5, 5.41) is 4.72. The van der Waals surface area contributed by atoms with E-state index >= 15 is 0 Å². The largest absolute Gasteiger partial charge is 0.337 e. The lowest BCUT2D eigenvalue weighted by Crippen LogP contribution is -2.13. The van der Waals surface area contributed by atoms with E-state index in [9.17, 15) is 0 Å². The summed E-state index contributed by atoms with van der Waals surface area (Å²) in [6.07, 6.45) is 3.48. The van der Waals surface area contributed by atoms with E-state index in [1.54, 1.807) is 0 Å². The SMILES string of the molecule is CC1CCC(c2noc([C@H](N)c3ccccc3Cl)n2)C1. The van der Waals surface area contributed by atoms with Crippen LogP contribution in [-0.4, -0.2) is 10.1 Å². The van der Waals surface area contributed by atoms with Crippen molar-refractivity contribution in [3.05, 3.63) is 46.6 Å². The summed E-state index contributed by atoms with van der Waals surface area (Å²) in [6.45, 7) is 2.26. The average molecular weight is 292 g/mol. The molecule has 3 rings (SSSR count). The van der Waals surface area contributed by atoms with E-state index in [0.29, 0.717) is 16.8 Å². The molecule has 4 nitrogen and oxygen atoms in total. The highest BCUT2D eigenvalue weighted by Gasteiger charge is 2.28. The number of hydrogen-bond acceptors (Lipinski definition) is 4. The van der Waals surface area contributed by atoms with Gasteiger partial charge in [0.25, 0.3) is 0 Å². The molecule has 0 radical (unpaired) electrons. The van der Waals surface area contributed by atoms with Crippen molar-refractivity contribution in [2.45, 2.75) is 38.1 Å². The molecule has 0 amide bonds. The number of aromatic nitrogens is 2. The Morgan fingerprint density at radius 3 is 2.85 bits per heavy atom. The van der Waals surface area contributed by atoms with Gasteiger partial charge in [0.2, 0.25) is 5.89 Å². The lowest BCUT2D eigenvalue weighted by Gasteiger charge is -2.08. The summed E-state index contributed by atoms with van der Waals surface area (Å²) in [7, 11) is 0. The molecular weight excluding hydrogens is 274 g/mol. The molecule has 0 saturated heterocycles. The Labute approximate surface area is 123 Å². The molecule has 1 aliphatic rings. The molecule has 106 valence electrons. The van der Waals surface area contributed by atoms with Gasteiger partial charge in [-0.1, -0.05) is 41.9 Å². The fourth-order valence-corrected chi connectivity index (χ4v) is 3.09. The van der Waals surface area contributed by atoms with Crippen LogP contribution in [0.1, 0.15) is 55.4 Å². The van der Waals surface area contributed by atoms with Crippen molar-refractivity contribution in [1.29, 1.82) is 0 Å². The molecule has 1 aliphatic carbocycles. The van der Waals surface area contributed by atoms with Crippen molar-refractivity contribution >= 4 is 11.6 Å². The molecule has 0 bridgehead atoms. The Morgan fingerprint density at radius 1 is 1.35 bits per heavy atom. The Bertz CT molecular complexity index is 598. The molecule has 1 heterocycles. The van der Waals surface area contributed by atoms with Crippen LogP contribution in [0, 0.1) is 5.92 Å². The van der Waals surface area contributed by atoms with Gasteiger partial charge in [-0.3, -0.25) is 0 Å². The minimum absolute atomic E-state index is 0.404. The predicted octanol–water partition coefficient (Wildman–Crippen LogP) is 3.67. The number of nitrogens with zero attached hydrogens (tertiary/aromatic N) is 2. The third-order valence-corrected chi connectivity index (χ3v) is 4.37. The van der Waals surface area contributed by atoms with E-state index in [0.717, 1.165) is 30.1 Å². The molecule has 0 aliphatic heterocycles. The van der Waals surface area contributed by atoms with Crippen molar-refractivity contribution in [2.75, 3.05) is 0 Å². The zero-order valence-electron chi connectivity index (χ0n) is 11.4. The summed E-state index contributed by atoms with van der Waals surface area (Å²) >= 11 is 6.15. The molecule has 1 fully saturated rings. The van der Waals surface area contributed by atoms with Crippen molar-refractivity contribution in [3.63, 3.8) is 0 Å². The van der Waals surface area contributed by atoms with Gasteiger partial charge in [-0.2, -0.15) is 4.98 Å². The van der Waals surface area contributed by atoms with Crippen LogP contribution in [0.15, 0.2) is 28.8 Å². The summed E-state index contributed by atoms with van der Waals surface area (Å²) in [4.78, 5) is 4.48. The van der Waals surface area contributed by atoms with E-state index in [-0.39, 0.29) is 0 Å². The summed E-state index contributed by atoms with van der Waals surface area (Å²) in [5.41, 5.74) is 6.99. The van der Waals surface area contributed by atoms with Crippen molar-refractivity contribution < 1.29 is 4.52 Å². The zero-order valence-corrected chi connectivity index (χ0v) is 12.2. The maximum absolute atomic E-state index is 6.18. The molecule has 3 atom stereocenters. The van der Waals surface area contributed by atoms with Gasteiger partial charge in [-0.25, -0.2) is 0 Å². The number of benzene rings is 1. The van der Waals surface area contributed by atoms with Crippen LogP contribution in [0.2, 0.25) is 5.02 Å². The van der Waals surface area contributed by atoms with Crippen molar-refractivity contribution in [3.8, 4) is 0 Å². The van der Waals surface area contributed by atoms with Crippen LogP contribution < -0.4 is 5.73 Å². The van der Waals surface area contributed by atoms with E-state index in [2.05, 4.69) is 17.1 Å². The first kappa shape index (κ1) is 13.6. The first-order valence-corrected chi connectivity index (χ1v) is 7.36. The quantitative estimate of drug-likeness (QED) is 0.937. The first-order valence-electron chi connectivity index (χ1n) is 6.98. The van der Waals surface area contributed by atoms with Crippen LogP contribution in [0.3, 0.4) is 0 Å². The van der Waals surface area contributed by atoms with Crippen molar-refractivity contribution in [2.24, 2.45) is 11.7 Å². The third kappa shape index (κ3) is 2.58. The van der Waals surface area contributed by atoms with Gasteiger partial charge in [-0.05, 0) is 36.8 Å². The van der Waals surface area contributed by atoms with E-state index < -0.39 is 6.04 Å². The molecule has 0 spiro atoms. The van der Waals surface area contributed by atoms with Crippen LogP contribution in [0.25, 0.3) is 0 Å². The second kappa shape index (κ2) is 5.54. The first-order chi connectivity index (χ1) is 9.65. The number of hydrogen-bond donors (Lipinski definition) is 1. The molecule has 1 aromatic carbocycles. The number of halogens is 1. The van der Waals surface area contributed by atoms with Gasteiger partial charge in [0.05, 0.1) is 0 Å². The standard InChI is InChI=1S/C15H18ClN3O/c1-9-6-7-10(8-9)14-18-15(20-19-14)13(17)11-4-2-3-5-12(11)16/h2-5,9-10,13H,6-8,17H2,1H3/t9?,10?,13-/m1/s1. The highest BCUT2D eigenvalue weighted by Crippen LogP contribution is 2.37. The van der Waals surface area contributed by atoms with Gasteiger partial charge in [0.1, 0.15) is 6.04 Å². The van der Waals surface area contributed by atoms with Gasteiger partial charge < -0.3 is 10.3 Å². The van der Waals surface area contributed by atoms with Crippen LogP contribution in [-0.2, 0) is 0 Å². The Kier molecular flexibility index (Phi) is 3.76. The Morgan fingerprint density at radius 2 is 2.15 bits per heavy atom. The molecule has 1 aromatic heterocycles. The van der Waals surface area contributed by atoms with Crippen molar-refractivity contribution in [1.82, 2.24) is 10.1 Å². The minimum atomic E-state index is -0.469. The van der Waals surface area contributed by atoms with E-state index in [1.807, 2.05) is 24.3 Å². The minimum Gasteiger partial charge on any atom is -0.337 e. The molecule has 1 saturated carbocycles. The van der Waals surface area contributed by atoms with Gasteiger partial charge in [0.15, 0.2) is 5.82 Å². The van der Waals surface area contributed by atoms with Crippen LogP contribution in [0.5, 0.6) is 0 Å². The maximum Gasteiger partial charge on any atom is 0.248 e. The van der Waals surface area contributed by atoms with Crippen LogP contribution in [0.4, 0.5) is 0 Å². The normalized spacial score (nSPS) is 23.9. The van der Waals surface area contributed by atoms with E-state index in [1.165, 1.54) is 6.42 Å². The van der Waals surface area contributed by atoms with Crippen LogP contribution >= 0.6 is 11.6 Å². The highest BCUT2D eigenvalue weighted by molar-refractivity contribution is 6.31. The highest BCUT2D eigenvalue weighted by atomic mass is 35.5. The van der Waals surface area contributed by atoms with Gasteiger partial charge in [-0.15, -0.1) is 0 Å². The van der Waals surface area contributed by atoms with E-state index in [4.69, 9.17) is 21.9 Å². The predicted molar refractivity (Wildman–Crippen MR) is 77.5 cm³/mol. The maximum atomic E-state index is 6.18. The zero-order chi connectivity index (χ0) is 14.1. The molecule has 5 heteroatoms. The second-order valence-electron chi connectivity index (χ2n) is 5.61. The third-order valence-electron chi connectivity index (χ3n) is 4.02. The number of rotatable bonds is 3. The summed E-state index contributed by atoms with van der Waals surface area (Å²) in [5.74, 6) is 2.36. The fourth-order valence-electron chi connectivity index (χ4n) is 2.84. The lowest BCUT2D eigenvalue weighted by molar-refractivity contribution is 0.359. The average Bonchev–Trinajstić information content (AvgIpc) is 3.07. The Balaban J connectivity index is 1.81. The fraction of sp³-hybridized carbons (Fsp3) is 0.467. The molecule has 2 unspecified atom stereocenters. The smallest absolute Gasteiger partial charge is 0.248 e. The lowest BCUT2D eigenvalue weighted by atomic mass is 10.1. The molecule has 2 aromatic rings. The molecule has 2 N–H and O–H groups in total. The topological polar surface area (TPSA) is 64.9 Å².